The van der Waals surface area contributed by atoms with E-state index >= 15 is 0 Å². The highest BCUT2D eigenvalue weighted by molar-refractivity contribution is 9.10. The van der Waals surface area contributed by atoms with Crippen LogP contribution in [-0.2, 0) is 10.0 Å². The predicted octanol–water partition coefficient (Wildman–Crippen LogP) is 3.30. The molecule has 0 atom stereocenters. The van der Waals surface area contributed by atoms with Crippen LogP contribution in [0.4, 0.5) is 17.6 Å². The third-order valence-corrected chi connectivity index (χ3v) is 5.32. The van der Waals surface area contributed by atoms with Crippen molar-refractivity contribution in [1.29, 1.82) is 0 Å². The second-order valence-corrected chi connectivity index (χ2v) is 7.22. The normalized spacial score (nSPS) is 16.7. The van der Waals surface area contributed by atoms with Gasteiger partial charge in [0, 0.05) is 6.04 Å². The maximum Gasteiger partial charge on any atom is 0.402 e. The molecule has 0 spiro atoms. The number of hydrogen-bond acceptors (Lipinski definition) is 2. The van der Waals surface area contributed by atoms with E-state index in [1.807, 2.05) is 0 Å². The summed E-state index contributed by atoms with van der Waals surface area (Å²) in [4.78, 5) is -0.477. The van der Waals surface area contributed by atoms with Gasteiger partial charge in [-0.3, -0.25) is 0 Å². The van der Waals surface area contributed by atoms with Crippen LogP contribution in [0, 0.1) is 5.82 Å². The first-order chi connectivity index (χ1) is 9.11. The van der Waals surface area contributed by atoms with Crippen LogP contribution in [0.5, 0.6) is 0 Å². The zero-order valence-corrected chi connectivity index (χ0v) is 12.4. The maximum atomic E-state index is 13.4. The van der Waals surface area contributed by atoms with Crippen LogP contribution in [0.3, 0.4) is 0 Å². The lowest BCUT2D eigenvalue weighted by Crippen LogP contribution is -2.40. The van der Waals surface area contributed by atoms with Gasteiger partial charge in [0.1, 0.15) is 12.4 Å². The minimum atomic E-state index is -4.64. The molecule has 1 aromatic rings. The molecule has 0 radical (unpaired) electrons. The highest BCUT2D eigenvalue weighted by Gasteiger charge is 2.44. The van der Waals surface area contributed by atoms with Crippen LogP contribution >= 0.6 is 15.9 Å². The molecular weight excluding hydrogens is 366 g/mol. The van der Waals surface area contributed by atoms with E-state index < -0.39 is 39.5 Å². The summed E-state index contributed by atoms with van der Waals surface area (Å²) < 4.78 is 75.7. The molecule has 20 heavy (non-hydrogen) atoms. The van der Waals surface area contributed by atoms with Crippen molar-refractivity contribution in [3.05, 3.63) is 28.5 Å². The molecule has 0 aliphatic heterocycles. The Morgan fingerprint density at radius 2 is 1.90 bits per heavy atom. The van der Waals surface area contributed by atoms with E-state index in [4.69, 9.17) is 0 Å². The van der Waals surface area contributed by atoms with Crippen molar-refractivity contribution in [2.24, 2.45) is 0 Å². The number of sulfonamides is 1. The fraction of sp³-hybridized carbons (Fsp3) is 0.455. The molecule has 1 fully saturated rings. The van der Waals surface area contributed by atoms with Crippen LogP contribution in [0.25, 0.3) is 0 Å². The summed E-state index contributed by atoms with van der Waals surface area (Å²) in [5.41, 5.74) is 0. The number of hydrogen-bond donors (Lipinski definition) is 0. The zero-order chi connectivity index (χ0) is 15.1. The fourth-order valence-electron chi connectivity index (χ4n) is 1.72. The number of nitrogens with zero attached hydrogens (tertiary/aromatic N) is 1. The van der Waals surface area contributed by atoms with Gasteiger partial charge in [-0.1, -0.05) is 0 Å². The SMILES string of the molecule is O=S(=O)(c1ccc(Br)c(F)c1)N(CC(F)(F)F)C1CC1. The number of benzene rings is 1. The second kappa shape index (κ2) is 5.27. The Morgan fingerprint density at radius 1 is 1.30 bits per heavy atom. The van der Waals surface area contributed by atoms with Crippen LogP contribution in [0.2, 0.25) is 0 Å². The zero-order valence-electron chi connectivity index (χ0n) is 9.99. The van der Waals surface area contributed by atoms with Crippen molar-refractivity contribution in [1.82, 2.24) is 4.31 Å². The Bertz CT molecular complexity index is 613. The van der Waals surface area contributed by atoms with Crippen molar-refractivity contribution in [2.45, 2.75) is 30.0 Å². The summed E-state index contributed by atoms with van der Waals surface area (Å²) in [6, 6.07) is 2.29. The van der Waals surface area contributed by atoms with Gasteiger partial charge >= 0.3 is 6.18 Å². The van der Waals surface area contributed by atoms with Gasteiger partial charge in [0.25, 0.3) is 0 Å². The molecule has 0 saturated heterocycles. The average molecular weight is 376 g/mol. The summed E-state index contributed by atoms with van der Waals surface area (Å²) in [5.74, 6) is -0.839. The van der Waals surface area contributed by atoms with Crippen molar-refractivity contribution in [3.63, 3.8) is 0 Å². The first-order valence-corrected chi connectivity index (χ1v) is 7.88. The van der Waals surface area contributed by atoms with E-state index in [-0.39, 0.29) is 4.47 Å². The fourth-order valence-corrected chi connectivity index (χ4v) is 3.65. The molecule has 3 nitrogen and oxygen atoms in total. The summed E-state index contributed by atoms with van der Waals surface area (Å²) >= 11 is 2.86. The van der Waals surface area contributed by atoms with Crippen LogP contribution in [0.1, 0.15) is 12.8 Å². The van der Waals surface area contributed by atoms with E-state index in [1.165, 1.54) is 0 Å². The molecule has 0 amide bonds. The molecular formula is C11H10BrF4NO2S. The van der Waals surface area contributed by atoms with E-state index in [9.17, 15) is 26.0 Å². The van der Waals surface area contributed by atoms with Gasteiger partial charge in [-0.2, -0.15) is 17.5 Å². The molecule has 1 aliphatic carbocycles. The predicted molar refractivity (Wildman–Crippen MR) is 67.1 cm³/mol. The van der Waals surface area contributed by atoms with E-state index in [0.29, 0.717) is 23.2 Å². The van der Waals surface area contributed by atoms with Gasteiger partial charge in [-0.05, 0) is 47.0 Å². The molecule has 1 aromatic carbocycles. The largest absolute Gasteiger partial charge is 0.402 e. The molecule has 0 bridgehead atoms. The minimum Gasteiger partial charge on any atom is -0.207 e. The molecule has 0 N–H and O–H groups in total. The van der Waals surface area contributed by atoms with Gasteiger partial charge in [0.2, 0.25) is 10.0 Å². The van der Waals surface area contributed by atoms with Crippen LogP contribution in [-0.4, -0.2) is 31.5 Å². The quantitative estimate of drug-likeness (QED) is 0.757. The Balaban J connectivity index is 2.37. The Morgan fingerprint density at radius 3 is 2.35 bits per heavy atom. The van der Waals surface area contributed by atoms with Crippen LogP contribution < -0.4 is 0 Å². The molecule has 1 saturated carbocycles. The monoisotopic (exact) mass is 375 g/mol. The van der Waals surface area contributed by atoms with Crippen molar-refractivity contribution < 1.29 is 26.0 Å². The van der Waals surface area contributed by atoms with Gasteiger partial charge in [0.15, 0.2) is 0 Å². The standard InChI is InChI=1S/C11H10BrF4NO2S/c12-9-4-3-8(5-10(9)13)20(18,19)17(7-1-2-7)6-11(14,15)16/h3-5,7H,1-2,6H2. The lowest BCUT2D eigenvalue weighted by Gasteiger charge is -2.23. The number of halogens is 5. The highest BCUT2D eigenvalue weighted by atomic mass is 79.9. The summed E-state index contributed by atoms with van der Waals surface area (Å²) in [5, 5.41) is 0. The molecule has 1 aliphatic rings. The molecule has 112 valence electrons. The topological polar surface area (TPSA) is 37.4 Å². The summed E-state index contributed by atoms with van der Waals surface area (Å²) in [6.07, 6.45) is -3.87. The highest BCUT2D eigenvalue weighted by Crippen LogP contribution is 2.35. The Labute approximate surface area is 121 Å². The first kappa shape index (κ1) is 15.7. The maximum absolute atomic E-state index is 13.4. The third-order valence-electron chi connectivity index (χ3n) is 2.79. The average Bonchev–Trinajstić information content (AvgIpc) is 3.12. The second-order valence-electron chi connectivity index (χ2n) is 4.47. The smallest absolute Gasteiger partial charge is 0.207 e. The lowest BCUT2D eigenvalue weighted by atomic mass is 10.3. The number of rotatable bonds is 4. The van der Waals surface area contributed by atoms with E-state index in [1.54, 1.807) is 0 Å². The minimum absolute atomic E-state index is 0.0465. The van der Waals surface area contributed by atoms with Gasteiger partial charge in [-0.15, -0.1) is 0 Å². The van der Waals surface area contributed by atoms with Crippen molar-refractivity contribution in [3.8, 4) is 0 Å². The Kier molecular flexibility index (Phi) is 4.14. The summed E-state index contributed by atoms with van der Waals surface area (Å²) in [6.45, 7) is -1.56. The molecule has 9 heteroatoms. The van der Waals surface area contributed by atoms with Crippen molar-refractivity contribution >= 4 is 26.0 Å². The molecule has 0 unspecified atom stereocenters. The molecule has 0 heterocycles. The van der Waals surface area contributed by atoms with Crippen molar-refractivity contribution in [2.75, 3.05) is 6.54 Å². The third kappa shape index (κ3) is 3.50. The lowest BCUT2D eigenvalue weighted by molar-refractivity contribution is -0.137. The number of alkyl halides is 3. The molecule has 0 aromatic heterocycles. The van der Waals surface area contributed by atoms with Crippen LogP contribution in [0.15, 0.2) is 27.6 Å². The first-order valence-electron chi connectivity index (χ1n) is 5.65. The Hall–Kier alpha value is -0.670. The van der Waals surface area contributed by atoms with Gasteiger partial charge in [0.05, 0.1) is 9.37 Å². The van der Waals surface area contributed by atoms with E-state index in [0.717, 1.165) is 12.1 Å². The van der Waals surface area contributed by atoms with Gasteiger partial charge in [-0.25, -0.2) is 12.8 Å². The molecule has 2 rings (SSSR count). The van der Waals surface area contributed by atoms with Gasteiger partial charge < -0.3 is 0 Å². The van der Waals surface area contributed by atoms with E-state index in [2.05, 4.69) is 15.9 Å². The summed E-state index contributed by atoms with van der Waals surface area (Å²) in [7, 11) is -4.36.